The summed E-state index contributed by atoms with van der Waals surface area (Å²) in [5, 5.41) is 35.0. The van der Waals surface area contributed by atoms with Crippen molar-refractivity contribution in [1.29, 1.82) is 0 Å². The third-order valence-corrected chi connectivity index (χ3v) is 5.92. The summed E-state index contributed by atoms with van der Waals surface area (Å²) in [6.45, 7) is 0. The van der Waals surface area contributed by atoms with Crippen molar-refractivity contribution in [3.63, 3.8) is 0 Å². The Kier molecular flexibility index (Phi) is 13.6. The quantitative estimate of drug-likeness (QED) is 0.107. The second-order valence-corrected chi connectivity index (χ2v) is 9.37. The van der Waals surface area contributed by atoms with Crippen LogP contribution in [-0.4, -0.2) is 87.1 Å². The molecule has 0 bridgehead atoms. The number of primary amides is 1. The molecule has 1 rings (SSSR count). The molecule has 10 N–H and O–H groups in total. The van der Waals surface area contributed by atoms with Gasteiger partial charge in [0.25, 0.3) is 0 Å². The van der Waals surface area contributed by atoms with Gasteiger partial charge < -0.3 is 42.7 Å². The summed E-state index contributed by atoms with van der Waals surface area (Å²) in [5.74, 6) is -5.60. The molecule has 38 heavy (non-hydrogen) atoms. The van der Waals surface area contributed by atoms with Gasteiger partial charge in [-0.25, -0.2) is 4.79 Å². The van der Waals surface area contributed by atoms with Crippen LogP contribution in [0.2, 0.25) is 0 Å². The predicted molar refractivity (Wildman–Crippen MR) is 137 cm³/mol. The standard InChI is InChI=1S/C23H33N5O9S/c1-38-9-8-15(26-20(33)14(24)11-19(31)32)21(34)28-17(10-12-2-4-13(29)5-3-12)22(35)27-16(23(36)37)6-7-18(25)30/h2-5,14-17,29H,6-11,24H2,1H3,(H2,25,30)(H,26,33)(H,27,35)(H,28,34)(H,31,32)(H,36,37). The van der Waals surface area contributed by atoms with E-state index in [1.54, 1.807) is 6.26 Å². The van der Waals surface area contributed by atoms with E-state index in [0.29, 0.717) is 11.3 Å². The molecule has 0 aliphatic carbocycles. The Balaban J connectivity index is 3.14. The van der Waals surface area contributed by atoms with Gasteiger partial charge in [-0.05, 0) is 42.5 Å². The number of carbonyl (C=O) groups excluding carboxylic acids is 4. The second-order valence-electron chi connectivity index (χ2n) is 8.38. The van der Waals surface area contributed by atoms with Gasteiger partial charge >= 0.3 is 11.9 Å². The number of thioether (sulfide) groups is 1. The minimum absolute atomic E-state index is 0.0336. The van der Waals surface area contributed by atoms with E-state index in [1.165, 1.54) is 36.0 Å². The molecule has 0 aromatic heterocycles. The third-order valence-electron chi connectivity index (χ3n) is 5.28. The highest BCUT2D eigenvalue weighted by Crippen LogP contribution is 2.12. The number of hydrogen-bond acceptors (Lipinski definition) is 9. The van der Waals surface area contributed by atoms with Gasteiger partial charge in [-0.15, -0.1) is 0 Å². The van der Waals surface area contributed by atoms with Crippen LogP contribution in [0.4, 0.5) is 0 Å². The summed E-state index contributed by atoms with van der Waals surface area (Å²) >= 11 is 1.38. The van der Waals surface area contributed by atoms with Crippen molar-refractivity contribution in [2.24, 2.45) is 11.5 Å². The zero-order valence-electron chi connectivity index (χ0n) is 20.7. The Morgan fingerprint density at radius 2 is 1.42 bits per heavy atom. The highest BCUT2D eigenvalue weighted by Gasteiger charge is 2.31. The SMILES string of the molecule is CSCCC(NC(=O)C(N)CC(=O)O)C(=O)NC(Cc1ccc(O)cc1)C(=O)NC(CCC(N)=O)C(=O)O. The largest absolute Gasteiger partial charge is 0.508 e. The second kappa shape index (κ2) is 16.1. The van der Waals surface area contributed by atoms with Crippen LogP contribution in [0.5, 0.6) is 5.75 Å². The minimum atomic E-state index is -1.46. The zero-order valence-corrected chi connectivity index (χ0v) is 21.5. The maximum Gasteiger partial charge on any atom is 0.326 e. The van der Waals surface area contributed by atoms with Crippen LogP contribution >= 0.6 is 11.8 Å². The first-order valence-corrected chi connectivity index (χ1v) is 12.9. The Bertz CT molecular complexity index is 1010. The molecule has 1 aromatic carbocycles. The smallest absolute Gasteiger partial charge is 0.326 e. The van der Waals surface area contributed by atoms with Crippen LogP contribution in [0.1, 0.15) is 31.2 Å². The molecule has 4 unspecified atom stereocenters. The monoisotopic (exact) mass is 555 g/mol. The van der Waals surface area contributed by atoms with Crippen LogP contribution in [0.25, 0.3) is 0 Å². The number of nitrogens with two attached hydrogens (primary N) is 2. The zero-order chi connectivity index (χ0) is 28.8. The molecule has 0 saturated heterocycles. The van der Waals surface area contributed by atoms with Crippen molar-refractivity contribution in [2.45, 2.75) is 56.3 Å². The molecule has 14 nitrogen and oxygen atoms in total. The number of carboxylic acid groups (broad SMARTS) is 2. The van der Waals surface area contributed by atoms with Crippen molar-refractivity contribution in [2.75, 3.05) is 12.0 Å². The van der Waals surface area contributed by atoms with Gasteiger partial charge in [0.1, 0.15) is 23.9 Å². The van der Waals surface area contributed by atoms with E-state index in [-0.39, 0.29) is 31.4 Å². The summed E-state index contributed by atoms with van der Waals surface area (Å²) in [4.78, 5) is 72.1. The summed E-state index contributed by atoms with van der Waals surface area (Å²) in [7, 11) is 0. The van der Waals surface area contributed by atoms with E-state index < -0.39 is 66.2 Å². The maximum atomic E-state index is 13.1. The van der Waals surface area contributed by atoms with Crippen LogP contribution in [0.3, 0.4) is 0 Å². The third kappa shape index (κ3) is 11.9. The number of benzene rings is 1. The number of carbonyl (C=O) groups is 6. The summed E-state index contributed by atoms with van der Waals surface area (Å²) < 4.78 is 0. The number of nitrogens with one attached hydrogen (secondary N) is 3. The van der Waals surface area contributed by atoms with Crippen LogP contribution in [0.15, 0.2) is 24.3 Å². The van der Waals surface area contributed by atoms with Crippen molar-refractivity contribution in [3.05, 3.63) is 29.8 Å². The van der Waals surface area contributed by atoms with E-state index in [1.807, 2.05) is 0 Å². The highest BCUT2D eigenvalue weighted by atomic mass is 32.2. The van der Waals surface area contributed by atoms with Gasteiger partial charge in [0, 0.05) is 12.8 Å². The van der Waals surface area contributed by atoms with Crippen LogP contribution in [0, 0.1) is 0 Å². The molecule has 0 saturated carbocycles. The fraction of sp³-hybridized carbons (Fsp3) is 0.478. The van der Waals surface area contributed by atoms with Crippen molar-refractivity contribution in [1.82, 2.24) is 16.0 Å². The van der Waals surface area contributed by atoms with Gasteiger partial charge in [-0.2, -0.15) is 11.8 Å². The lowest BCUT2D eigenvalue weighted by Gasteiger charge is -2.25. The molecular weight excluding hydrogens is 522 g/mol. The molecule has 210 valence electrons. The van der Waals surface area contributed by atoms with Gasteiger partial charge in [-0.1, -0.05) is 12.1 Å². The van der Waals surface area contributed by atoms with Crippen molar-refractivity contribution >= 4 is 47.3 Å². The lowest BCUT2D eigenvalue weighted by Crippen LogP contribution is -2.57. The lowest BCUT2D eigenvalue weighted by molar-refractivity contribution is -0.142. The van der Waals surface area contributed by atoms with E-state index in [0.717, 1.165) is 0 Å². The molecule has 0 radical (unpaired) electrons. The molecule has 0 spiro atoms. The Morgan fingerprint density at radius 1 is 0.868 bits per heavy atom. The first-order valence-electron chi connectivity index (χ1n) is 11.5. The average molecular weight is 556 g/mol. The first-order chi connectivity index (χ1) is 17.8. The summed E-state index contributed by atoms with van der Waals surface area (Å²) in [6, 6.07) is 0.376. The van der Waals surface area contributed by atoms with Gasteiger partial charge in [0.15, 0.2) is 0 Å². The molecule has 0 aliphatic heterocycles. The van der Waals surface area contributed by atoms with E-state index >= 15 is 0 Å². The van der Waals surface area contributed by atoms with Crippen molar-refractivity contribution in [3.8, 4) is 5.75 Å². The number of carboxylic acids is 2. The Labute approximate surface area is 222 Å². The highest BCUT2D eigenvalue weighted by molar-refractivity contribution is 7.98. The average Bonchev–Trinajstić information content (AvgIpc) is 2.83. The molecule has 1 aromatic rings. The maximum absolute atomic E-state index is 13.1. The lowest BCUT2D eigenvalue weighted by atomic mass is 10.0. The van der Waals surface area contributed by atoms with E-state index in [9.17, 15) is 39.0 Å². The number of aromatic hydroxyl groups is 1. The number of rotatable bonds is 17. The summed E-state index contributed by atoms with van der Waals surface area (Å²) in [6.07, 6.45) is 0.558. The molecular formula is C23H33N5O9S. The first kappa shape index (κ1) is 32.2. The normalized spacial score (nSPS) is 13.8. The van der Waals surface area contributed by atoms with Crippen LogP contribution < -0.4 is 27.4 Å². The fourth-order valence-electron chi connectivity index (χ4n) is 3.23. The number of aliphatic carboxylic acids is 2. The number of phenols is 1. The topological polar surface area (TPSA) is 251 Å². The molecule has 4 amide bonds. The molecule has 4 atom stereocenters. The molecule has 15 heteroatoms. The Hall–Kier alpha value is -3.85. The summed E-state index contributed by atoms with van der Waals surface area (Å²) in [5.41, 5.74) is 11.2. The Morgan fingerprint density at radius 3 is 1.95 bits per heavy atom. The number of phenolic OH excluding ortho intramolecular Hbond substituents is 1. The number of amides is 4. The molecule has 0 aliphatic rings. The predicted octanol–water partition coefficient (Wildman–Crippen LogP) is -1.71. The molecule has 0 fully saturated rings. The van der Waals surface area contributed by atoms with Crippen LogP contribution in [-0.2, 0) is 35.2 Å². The van der Waals surface area contributed by atoms with Gasteiger partial charge in [0.05, 0.1) is 12.5 Å². The van der Waals surface area contributed by atoms with E-state index in [2.05, 4.69) is 16.0 Å². The van der Waals surface area contributed by atoms with E-state index in [4.69, 9.17) is 16.6 Å². The van der Waals surface area contributed by atoms with Gasteiger partial charge in [-0.3, -0.25) is 24.0 Å². The van der Waals surface area contributed by atoms with Crippen molar-refractivity contribution < 1.29 is 44.1 Å². The molecule has 0 heterocycles. The fourth-order valence-corrected chi connectivity index (χ4v) is 3.70. The number of hydrogen-bond donors (Lipinski definition) is 8. The minimum Gasteiger partial charge on any atom is -0.508 e. The van der Waals surface area contributed by atoms with Gasteiger partial charge in [0.2, 0.25) is 23.6 Å².